The van der Waals surface area contributed by atoms with Crippen molar-refractivity contribution in [2.45, 2.75) is 32.5 Å². The molecule has 0 aliphatic carbocycles. The van der Waals surface area contributed by atoms with Crippen LogP contribution < -0.4 is 21.3 Å². The summed E-state index contributed by atoms with van der Waals surface area (Å²) in [7, 11) is 1.53. The molecule has 0 fully saturated rings. The fourth-order valence-electron chi connectivity index (χ4n) is 3.54. The van der Waals surface area contributed by atoms with Crippen molar-refractivity contribution in [2.24, 2.45) is 7.05 Å². The summed E-state index contributed by atoms with van der Waals surface area (Å²) in [5, 5.41) is 13.9. The second kappa shape index (κ2) is 9.70. The van der Waals surface area contributed by atoms with Crippen LogP contribution in [-0.4, -0.2) is 41.9 Å². The summed E-state index contributed by atoms with van der Waals surface area (Å²) in [6, 6.07) is 11.4. The number of aromatic nitrogens is 5. The number of ether oxygens (including phenoxy) is 1. The van der Waals surface area contributed by atoms with Crippen molar-refractivity contribution in [1.29, 1.82) is 0 Å². The summed E-state index contributed by atoms with van der Waals surface area (Å²) in [6.45, 7) is 2.53. The molecule has 33 heavy (non-hydrogen) atoms. The third-order valence-corrected chi connectivity index (χ3v) is 5.32. The van der Waals surface area contributed by atoms with Crippen molar-refractivity contribution in [3.8, 4) is 5.75 Å². The van der Waals surface area contributed by atoms with Gasteiger partial charge in [0.25, 0.3) is 5.56 Å². The highest BCUT2D eigenvalue weighted by atomic mass is 16.5. The van der Waals surface area contributed by atoms with Crippen LogP contribution in [0.25, 0.3) is 11.2 Å². The van der Waals surface area contributed by atoms with Crippen LogP contribution in [0, 0.1) is 0 Å². The number of pyridine rings is 1. The van der Waals surface area contributed by atoms with Gasteiger partial charge in [-0.2, -0.15) is 4.98 Å². The lowest BCUT2D eigenvalue weighted by Crippen LogP contribution is -2.31. The molecule has 10 heteroatoms. The maximum atomic E-state index is 12.6. The predicted octanol–water partition coefficient (Wildman–Crippen LogP) is 1.43. The lowest BCUT2D eigenvalue weighted by Gasteiger charge is -2.16. The molecule has 3 heterocycles. The van der Waals surface area contributed by atoms with Crippen molar-refractivity contribution in [2.75, 3.05) is 11.9 Å². The molecule has 172 valence electrons. The average Bonchev–Trinajstić information content (AvgIpc) is 3.19. The quantitative estimate of drug-likeness (QED) is 0.352. The van der Waals surface area contributed by atoms with Gasteiger partial charge in [0, 0.05) is 26.0 Å². The van der Waals surface area contributed by atoms with Gasteiger partial charge in [0.05, 0.1) is 6.54 Å². The largest absolute Gasteiger partial charge is 0.491 e. The number of fused-ring (bicyclic) bond motifs is 1. The fraction of sp³-hybridized carbons (Fsp3) is 0.304. The molecule has 0 aliphatic heterocycles. The minimum absolute atomic E-state index is 0.0263. The molecule has 1 aromatic carbocycles. The Hall–Kier alpha value is -3.92. The molecule has 0 unspecified atom stereocenters. The molecule has 0 saturated heterocycles. The van der Waals surface area contributed by atoms with E-state index in [0.717, 1.165) is 17.5 Å². The molecule has 0 amide bonds. The van der Waals surface area contributed by atoms with E-state index in [0.29, 0.717) is 18.2 Å². The monoisotopic (exact) mass is 450 g/mol. The zero-order valence-electron chi connectivity index (χ0n) is 18.5. The van der Waals surface area contributed by atoms with Crippen LogP contribution in [0.4, 0.5) is 5.95 Å². The minimum Gasteiger partial charge on any atom is -0.491 e. The Morgan fingerprint density at radius 3 is 2.79 bits per heavy atom. The summed E-state index contributed by atoms with van der Waals surface area (Å²) in [5.41, 5.74) is 1.34. The van der Waals surface area contributed by atoms with Crippen LogP contribution in [0.15, 0.2) is 58.4 Å². The molecule has 0 aliphatic rings. The second-order valence-corrected chi connectivity index (χ2v) is 7.72. The lowest BCUT2D eigenvalue weighted by atomic mass is 10.2. The van der Waals surface area contributed by atoms with Gasteiger partial charge < -0.3 is 19.7 Å². The van der Waals surface area contributed by atoms with Gasteiger partial charge in [-0.1, -0.05) is 25.1 Å². The number of benzene rings is 1. The minimum atomic E-state index is -0.928. The van der Waals surface area contributed by atoms with Crippen molar-refractivity contribution < 1.29 is 9.84 Å². The Morgan fingerprint density at radius 1 is 1.21 bits per heavy atom. The summed E-state index contributed by atoms with van der Waals surface area (Å²) in [6.07, 6.45) is 3.35. The number of imidazole rings is 1. The van der Waals surface area contributed by atoms with Gasteiger partial charge in [-0.25, -0.2) is 4.79 Å². The van der Waals surface area contributed by atoms with E-state index in [2.05, 4.69) is 27.2 Å². The first-order valence-electron chi connectivity index (χ1n) is 10.7. The average molecular weight is 450 g/mol. The molecule has 3 N–H and O–H groups in total. The molecule has 1 atom stereocenters. The van der Waals surface area contributed by atoms with Crippen LogP contribution in [-0.2, 0) is 26.6 Å². The topological polar surface area (TPSA) is 127 Å². The Kier molecular flexibility index (Phi) is 6.55. The van der Waals surface area contributed by atoms with Gasteiger partial charge in [-0.3, -0.25) is 19.3 Å². The summed E-state index contributed by atoms with van der Waals surface area (Å²) in [5.74, 6) is 1.02. The molecule has 0 radical (unpaired) electrons. The Labute approximate surface area is 189 Å². The molecular formula is C23H26N6O4. The van der Waals surface area contributed by atoms with Gasteiger partial charge in [0.2, 0.25) is 5.95 Å². The number of rotatable bonds is 9. The number of nitrogens with zero attached hydrogens (tertiary/aromatic N) is 4. The van der Waals surface area contributed by atoms with Crippen molar-refractivity contribution in [3.63, 3.8) is 0 Å². The highest BCUT2D eigenvalue weighted by Crippen LogP contribution is 2.18. The number of anilines is 1. The third-order valence-electron chi connectivity index (χ3n) is 5.32. The van der Waals surface area contributed by atoms with Crippen molar-refractivity contribution in [1.82, 2.24) is 24.1 Å². The number of hydrogen-bond acceptors (Lipinski definition) is 7. The molecule has 4 rings (SSSR count). The number of aryl methyl sites for hydroxylation is 2. The van der Waals surface area contributed by atoms with E-state index in [1.165, 1.54) is 11.6 Å². The predicted molar refractivity (Wildman–Crippen MR) is 124 cm³/mol. The number of H-pyrrole nitrogens is 1. The van der Waals surface area contributed by atoms with Gasteiger partial charge >= 0.3 is 5.69 Å². The maximum Gasteiger partial charge on any atom is 0.329 e. The van der Waals surface area contributed by atoms with Crippen LogP contribution in [0.2, 0.25) is 0 Å². The summed E-state index contributed by atoms with van der Waals surface area (Å²) < 4.78 is 8.60. The standard InChI is InChI=1S/C23H26N6O4/c1-3-15-6-4-8-18(10-15)33-14-17(30)13-29-19-20(28(2)23(32)27-21(19)31)26-22(29)25-12-16-7-5-9-24-11-16/h4-11,17,30H,3,12-14H2,1-2H3,(H,25,26)(H,27,31,32)/t17-/m1/s1. The number of nitrogens with one attached hydrogen (secondary N) is 2. The zero-order valence-corrected chi connectivity index (χ0v) is 18.5. The Balaban J connectivity index is 1.60. The highest BCUT2D eigenvalue weighted by molar-refractivity contribution is 5.74. The second-order valence-electron chi connectivity index (χ2n) is 7.72. The van der Waals surface area contributed by atoms with E-state index in [9.17, 15) is 14.7 Å². The van der Waals surface area contributed by atoms with Gasteiger partial charge in [0.1, 0.15) is 18.5 Å². The van der Waals surface area contributed by atoms with Crippen molar-refractivity contribution in [3.05, 3.63) is 80.8 Å². The van der Waals surface area contributed by atoms with E-state index in [4.69, 9.17) is 4.74 Å². The summed E-state index contributed by atoms with van der Waals surface area (Å²) in [4.78, 5) is 35.5. The first kappa shape index (κ1) is 22.3. The molecule has 0 bridgehead atoms. The normalized spacial score (nSPS) is 12.1. The van der Waals surface area contributed by atoms with Crippen LogP contribution in [0.1, 0.15) is 18.1 Å². The van der Waals surface area contributed by atoms with Crippen LogP contribution in [0.5, 0.6) is 5.75 Å². The molecule has 4 aromatic rings. The van der Waals surface area contributed by atoms with E-state index < -0.39 is 17.4 Å². The number of aromatic amines is 1. The zero-order chi connectivity index (χ0) is 23.4. The number of aliphatic hydroxyl groups is 1. The van der Waals surface area contributed by atoms with E-state index in [1.807, 2.05) is 36.4 Å². The van der Waals surface area contributed by atoms with E-state index in [-0.39, 0.29) is 24.3 Å². The first-order chi connectivity index (χ1) is 16.0. The molecule has 3 aromatic heterocycles. The molecule has 10 nitrogen and oxygen atoms in total. The molecule has 0 spiro atoms. The third kappa shape index (κ3) is 4.96. The van der Waals surface area contributed by atoms with E-state index in [1.54, 1.807) is 17.0 Å². The number of aliphatic hydroxyl groups excluding tert-OH is 1. The summed E-state index contributed by atoms with van der Waals surface area (Å²) >= 11 is 0. The lowest BCUT2D eigenvalue weighted by molar-refractivity contribution is 0.0938. The fourth-order valence-corrected chi connectivity index (χ4v) is 3.54. The smallest absolute Gasteiger partial charge is 0.329 e. The maximum absolute atomic E-state index is 12.6. The molecular weight excluding hydrogens is 424 g/mol. The van der Waals surface area contributed by atoms with Gasteiger partial charge in [-0.05, 0) is 35.7 Å². The molecule has 0 saturated carbocycles. The number of hydrogen-bond donors (Lipinski definition) is 3. The Morgan fingerprint density at radius 2 is 2.03 bits per heavy atom. The SMILES string of the molecule is CCc1cccc(OC[C@H](O)Cn2c(NCc3cccnc3)nc3c2c(=O)[nH]c(=O)n3C)c1. The Bertz CT molecular complexity index is 1360. The van der Waals surface area contributed by atoms with Crippen LogP contribution in [0.3, 0.4) is 0 Å². The van der Waals surface area contributed by atoms with Gasteiger partial charge in [0.15, 0.2) is 11.2 Å². The highest BCUT2D eigenvalue weighted by Gasteiger charge is 2.20. The van der Waals surface area contributed by atoms with Crippen molar-refractivity contribution >= 4 is 17.1 Å². The van der Waals surface area contributed by atoms with Crippen LogP contribution >= 0.6 is 0 Å². The van der Waals surface area contributed by atoms with E-state index >= 15 is 0 Å². The first-order valence-corrected chi connectivity index (χ1v) is 10.7. The van der Waals surface area contributed by atoms with Gasteiger partial charge in [-0.15, -0.1) is 0 Å².